The number of benzene rings is 2. The Labute approximate surface area is 153 Å². The molecule has 0 unspecified atom stereocenters. The Morgan fingerprint density at radius 1 is 1.08 bits per heavy atom. The molecule has 0 aliphatic heterocycles. The first kappa shape index (κ1) is 19.6. The van der Waals surface area contributed by atoms with Crippen LogP contribution in [0, 0.1) is 0 Å². The van der Waals surface area contributed by atoms with Crippen LogP contribution in [0.3, 0.4) is 0 Å². The summed E-state index contributed by atoms with van der Waals surface area (Å²) in [6.45, 7) is 3.81. The molecular formula is C18H22N2O5S. The summed E-state index contributed by atoms with van der Waals surface area (Å²) < 4.78 is 38.7. The van der Waals surface area contributed by atoms with E-state index in [1.165, 1.54) is 32.2 Å². The summed E-state index contributed by atoms with van der Waals surface area (Å²) in [5, 5.41) is 2.59. The molecule has 2 N–H and O–H groups in total. The number of amides is 1. The Morgan fingerprint density at radius 2 is 1.81 bits per heavy atom. The van der Waals surface area contributed by atoms with Crippen molar-refractivity contribution < 1.29 is 22.7 Å². The van der Waals surface area contributed by atoms with Crippen LogP contribution in [0.4, 0.5) is 11.4 Å². The van der Waals surface area contributed by atoms with Crippen molar-refractivity contribution in [3.05, 3.63) is 42.5 Å². The smallest absolute Gasteiger partial charge is 0.262 e. The molecule has 0 bridgehead atoms. The number of para-hydroxylation sites is 2. The van der Waals surface area contributed by atoms with E-state index in [2.05, 4.69) is 10.0 Å². The van der Waals surface area contributed by atoms with Crippen molar-refractivity contribution in [2.24, 2.45) is 0 Å². The molecule has 140 valence electrons. The maximum absolute atomic E-state index is 12.7. The zero-order chi connectivity index (χ0) is 19.2. The lowest BCUT2D eigenvalue weighted by Crippen LogP contribution is -2.15. The Kier molecular flexibility index (Phi) is 6.46. The summed E-state index contributed by atoms with van der Waals surface area (Å²) >= 11 is 0. The van der Waals surface area contributed by atoms with Crippen LogP contribution in [0.25, 0.3) is 0 Å². The summed E-state index contributed by atoms with van der Waals surface area (Å²) in [7, 11) is -2.46. The number of rotatable bonds is 8. The maximum atomic E-state index is 12.7. The van der Waals surface area contributed by atoms with Crippen molar-refractivity contribution in [3.63, 3.8) is 0 Å². The molecule has 2 aromatic rings. The molecule has 0 atom stereocenters. The van der Waals surface area contributed by atoms with Crippen molar-refractivity contribution in [2.45, 2.75) is 25.2 Å². The molecule has 0 heterocycles. The van der Waals surface area contributed by atoms with Crippen molar-refractivity contribution in [1.82, 2.24) is 0 Å². The van der Waals surface area contributed by atoms with Gasteiger partial charge in [-0.05, 0) is 30.7 Å². The van der Waals surface area contributed by atoms with Gasteiger partial charge in [0.05, 0.1) is 30.0 Å². The molecule has 26 heavy (non-hydrogen) atoms. The number of methoxy groups -OCH3 is 1. The first-order valence-electron chi connectivity index (χ1n) is 8.07. The van der Waals surface area contributed by atoms with Crippen LogP contribution in [-0.2, 0) is 14.8 Å². The fourth-order valence-corrected chi connectivity index (χ4v) is 3.31. The van der Waals surface area contributed by atoms with Gasteiger partial charge in [-0.2, -0.15) is 0 Å². The highest BCUT2D eigenvalue weighted by Crippen LogP contribution is 2.30. The molecule has 0 saturated heterocycles. The van der Waals surface area contributed by atoms with Gasteiger partial charge in [0.1, 0.15) is 11.5 Å². The fraction of sp³-hybridized carbons (Fsp3) is 0.278. The third-order valence-corrected chi connectivity index (χ3v) is 4.75. The van der Waals surface area contributed by atoms with Gasteiger partial charge in [0.25, 0.3) is 10.0 Å². The molecule has 0 spiro atoms. The second kappa shape index (κ2) is 8.57. The number of hydrogen-bond donors (Lipinski definition) is 2. The van der Waals surface area contributed by atoms with Gasteiger partial charge in [0, 0.05) is 13.0 Å². The molecule has 8 heteroatoms. The van der Waals surface area contributed by atoms with E-state index in [0.29, 0.717) is 23.7 Å². The van der Waals surface area contributed by atoms with Crippen molar-refractivity contribution in [2.75, 3.05) is 23.8 Å². The van der Waals surface area contributed by atoms with Crippen LogP contribution in [-0.4, -0.2) is 28.0 Å². The number of anilines is 2. The topological polar surface area (TPSA) is 93.7 Å². The van der Waals surface area contributed by atoms with E-state index in [4.69, 9.17) is 9.47 Å². The molecule has 0 aliphatic carbocycles. The predicted octanol–water partition coefficient (Wildman–Crippen LogP) is 3.24. The number of nitrogens with one attached hydrogen (secondary N) is 2. The standard InChI is InChI=1S/C18H22N2O5S/c1-4-11-25-17-8-6-5-7-16(17)20-26(22,23)14-9-10-15(19-13(2)21)18(12-14)24-3/h5-10,12,20H,4,11H2,1-3H3,(H,19,21). The van der Waals surface area contributed by atoms with Crippen LogP contribution in [0.15, 0.2) is 47.4 Å². The molecule has 0 fully saturated rings. The zero-order valence-electron chi connectivity index (χ0n) is 14.9. The average molecular weight is 378 g/mol. The summed E-state index contributed by atoms with van der Waals surface area (Å²) in [5.41, 5.74) is 0.747. The summed E-state index contributed by atoms with van der Waals surface area (Å²) in [6.07, 6.45) is 0.808. The molecule has 1 amide bonds. The molecular weight excluding hydrogens is 356 g/mol. The zero-order valence-corrected chi connectivity index (χ0v) is 15.7. The maximum Gasteiger partial charge on any atom is 0.262 e. The Hall–Kier alpha value is -2.74. The van der Waals surface area contributed by atoms with Crippen LogP contribution in [0.2, 0.25) is 0 Å². The van der Waals surface area contributed by atoms with E-state index >= 15 is 0 Å². The van der Waals surface area contributed by atoms with Crippen molar-refractivity contribution >= 4 is 27.3 Å². The minimum Gasteiger partial charge on any atom is -0.495 e. The third-order valence-electron chi connectivity index (χ3n) is 3.39. The molecule has 0 aliphatic rings. The van der Waals surface area contributed by atoms with Crippen LogP contribution in [0.5, 0.6) is 11.5 Å². The SMILES string of the molecule is CCCOc1ccccc1NS(=O)(=O)c1ccc(NC(C)=O)c(OC)c1. The van der Waals surface area contributed by atoms with Crippen molar-refractivity contribution in [1.29, 1.82) is 0 Å². The highest BCUT2D eigenvalue weighted by molar-refractivity contribution is 7.92. The van der Waals surface area contributed by atoms with Crippen molar-refractivity contribution in [3.8, 4) is 11.5 Å². The van der Waals surface area contributed by atoms with Crippen LogP contribution in [0.1, 0.15) is 20.3 Å². The fourth-order valence-electron chi connectivity index (χ4n) is 2.22. The lowest BCUT2D eigenvalue weighted by Gasteiger charge is -2.15. The molecule has 2 aromatic carbocycles. The molecule has 7 nitrogen and oxygen atoms in total. The third kappa shape index (κ3) is 4.89. The van der Waals surface area contributed by atoms with Gasteiger partial charge in [-0.25, -0.2) is 8.42 Å². The van der Waals surface area contributed by atoms with Crippen LogP contribution >= 0.6 is 0 Å². The monoisotopic (exact) mass is 378 g/mol. The Bertz CT molecular complexity index is 881. The Morgan fingerprint density at radius 3 is 2.46 bits per heavy atom. The van der Waals surface area contributed by atoms with E-state index in [9.17, 15) is 13.2 Å². The highest BCUT2D eigenvalue weighted by Gasteiger charge is 2.19. The van der Waals surface area contributed by atoms with E-state index in [-0.39, 0.29) is 16.6 Å². The molecule has 0 aromatic heterocycles. The number of sulfonamides is 1. The number of hydrogen-bond acceptors (Lipinski definition) is 5. The largest absolute Gasteiger partial charge is 0.495 e. The first-order valence-corrected chi connectivity index (χ1v) is 9.56. The molecule has 2 rings (SSSR count). The summed E-state index contributed by atoms with van der Waals surface area (Å²) in [5.74, 6) is 0.428. The van der Waals surface area contributed by atoms with Gasteiger partial charge in [0.15, 0.2) is 0 Å². The Balaban J connectivity index is 2.32. The molecule has 0 radical (unpaired) electrons. The van der Waals surface area contributed by atoms with Gasteiger partial charge in [-0.1, -0.05) is 19.1 Å². The van der Waals surface area contributed by atoms with E-state index < -0.39 is 10.0 Å². The van der Waals surface area contributed by atoms with Gasteiger partial charge in [-0.3, -0.25) is 9.52 Å². The van der Waals surface area contributed by atoms with Gasteiger partial charge < -0.3 is 14.8 Å². The second-order valence-electron chi connectivity index (χ2n) is 5.49. The minimum atomic E-state index is -3.86. The normalized spacial score (nSPS) is 10.9. The number of carbonyl (C=O) groups is 1. The van der Waals surface area contributed by atoms with Gasteiger partial charge in [0.2, 0.25) is 5.91 Å². The quantitative estimate of drug-likeness (QED) is 0.735. The lowest BCUT2D eigenvalue weighted by molar-refractivity contribution is -0.114. The summed E-state index contributed by atoms with van der Waals surface area (Å²) in [4.78, 5) is 11.2. The molecule has 0 saturated carbocycles. The minimum absolute atomic E-state index is 0.00810. The lowest BCUT2D eigenvalue weighted by atomic mass is 10.3. The first-order chi connectivity index (χ1) is 12.4. The van der Waals surface area contributed by atoms with Crippen LogP contribution < -0.4 is 19.5 Å². The summed E-state index contributed by atoms with van der Waals surface area (Å²) in [6, 6.07) is 11.0. The predicted molar refractivity (Wildman–Crippen MR) is 100 cm³/mol. The van der Waals surface area contributed by atoms with E-state index in [1.54, 1.807) is 24.3 Å². The van der Waals surface area contributed by atoms with E-state index in [0.717, 1.165) is 6.42 Å². The van der Waals surface area contributed by atoms with E-state index in [1.807, 2.05) is 6.92 Å². The van der Waals surface area contributed by atoms with Gasteiger partial charge >= 0.3 is 0 Å². The highest BCUT2D eigenvalue weighted by atomic mass is 32.2. The average Bonchev–Trinajstić information content (AvgIpc) is 2.60. The second-order valence-corrected chi connectivity index (χ2v) is 7.18. The number of carbonyl (C=O) groups excluding carboxylic acids is 1. The van der Waals surface area contributed by atoms with Gasteiger partial charge in [-0.15, -0.1) is 0 Å². The number of ether oxygens (including phenoxy) is 2.